The first-order chi connectivity index (χ1) is 7.74. The third-order valence-corrected chi connectivity index (χ3v) is 2.48. The van der Waals surface area contributed by atoms with E-state index in [4.69, 9.17) is 30.6 Å². The van der Waals surface area contributed by atoms with Crippen molar-refractivity contribution in [3.05, 3.63) is 0 Å². The minimum Gasteiger partial charge on any atom is -0.382 e. The molecule has 1 saturated heterocycles. The van der Waals surface area contributed by atoms with Crippen LogP contribution in [0, 0.1) is 0 Å². The van der Waals surface area contributed by atoms with Gasteiger partial charge in [0.15, 0.2) is 0 Å². The first-order valence-corrected chi connectivity index (χ1v) is 5.10. The Balaban J connectivity index is 2.46. The first-order valence-electron chi connectivity index (χ1n) is 5.10. The van der Waals surface area contributed by atoms with Crippen LogP contribution in [0.5, 0.6) is 0 Å². The van der Waals surface area contributed by atoms with Crippen LogP contribution in [-0.4, -0.2) is 58.6 Å². The van der Waals surface area contributed by atoms with Gasteiger partial charge >= 0.3 is 0 Å². The summed E-state index contributed by atoms with van der Waals surface area (Å²) in [6.07, 6.45) is -1.46. The van der Waals surface area contributed by atoms with Gasteiger partial charge in [-0.3, -0.25) is 0 Å². The van der Waals surface area contributed by atoms with Crippen molar-refractivity contribution in [1.82, 2.24) is 0 Å². The van der Waals surface area contributed by atoms with Crippen LogP contribution in [0.4, 0.5) is 0 Å². The maximum Gasteiger partial charge on any atom is 0.135 e. The molecule has 96 valence electrons. The molecule has 0 spiro atoms. The molecule has 16 heavy (non-hydrogen) atoms. The second-order valence-corrected chi connectivity index (χ2v) is 3.50. The number of methoxy groups -OCH3 is 2. The highest BCUT2D eigenvalue weighted by atomic mass is 16.7. The predicted octanol–water partition coefficient (Wildman–Crippen LogP) is -1.39. The Bertz CT molecular complexity index is 195. The predicted molar refractivity (Wildman–Crippen MR) is 55.4 cm³/mol. The van der Waals surface area contributed by atoms with Crippen LogP contribution in [-0.2, 0) is 23.8 Å². The number of hydrogen-bond donors (Lipinski definition) is 2. The summed E-state index contributed by atoms with van der Waals surface area (Å²) in [4.78, 5) is 4.54. The van der Waals surface area contributed by atoms with E-state index in [1.165, 1.54) is 0 Å². The molecule has 1 heterocycles. The molecule has 0 aromatic heterocycles. The monoisotopic (exact) mass is 236 g/mol. The van der Waals surface area contributed by atoms with Gasteiger partial charge in [0.05, 0.1) is 19.8 Å². The molecule has 1 aliphatic heterocycles. The Morgan fingerprint density at radius 1 is 1.19 bits per heavy atom. The molecular formula is C9H20N2O5. The smallest absolute Gasteiger partial charge is 0.135 e. The summed E-state index contributed by atoms with van der Waals surface area (Å²) in [6.45, 7) is 1.16. The summed E-state index contributed by atoms with van der Waals surface area (Å²) in [6, 6.07) is 0. The fourth-order valence-corrected chi connectivity index (χ4v) is 1.73. The van der Waals surface area contributed by atoms with Gasteiger partial charge < -0.3 is 29.5 Å². The molecule has 1 fully saturated rings. The van der Waals surface area contributed by atoms with Crippen molar-refractivity contribution >= 4 is 0 Å². The van der Waals surface area contributed by atoms with Gasteiger partial charge in [0, 0.05) is 14.2 Å². The molecule has 0 amide bonds. The molecule has 7 nitrogen and oxygen atoms in total. The van der Waals surface area contributed by atoms with Gasteiger partial charge in [0.25, 0.3) is 0 Å². The maximum absolute atomic E-state index is 5.78. The minimum atomic E-state index is -0.540. The second kappa shape index (κ2) is 7.13. The Morgan fingerprint density at radius 3 is 2.50 bits per heavy atom. The quantitative estimate of drug-likeness (QED) is 0.414. The fraction of sp³-hybridized carbons (Fsp3) is 1.00. The van der Waals surface area contributed by atoms with Crippen LogP contribution in [0.3, 0.4) is 0 Å². The molecular weight excluding hydrogens is 216 g/mol. The SMILES string of the molecule is COCCOC1C(N)OC(CON)C1OC. The highest BCUT2D eigenvalue weighted by Crippen LogP contribution is 2.23. The van der Waals surface area contributed by atoms with Gasteiger partial charge in [-0.15, -0.1) is 0 Å². The number of rotatable bonds is 7. The van der Waals surface area contributed by atoms with Crippen LogP contribution in [0.2, 0.25) is 0 Å². The highest BCUT2D eigenvalue weighted by molar-refractivity contribution is 4.90. The van der Waals surface area contributed by atoms with Crippen LogP contribution in [0.1, 0.15) is 0 Å². The van der Waals surface area contributed by atoms with Crippen molar-refractivity contribution in [3.8, 4) is 0 Å². The number of hydrogen-bond acceptors (Lipinski definition) is 7. The largest absolute Gasteiger partial charge is 0.382 e. The van der Waals surface area contributed by atoms with Crippen LogP contribution in [0.25, 0.3) is 0 Å². The van der Waals surface area contributed by atoms with Gasteiger partial charge in [-0.25, -0.2) is 5.90 Å². The van der Waals surface area contributed by atoms with E-state index in [1.807, 2.05) is 0 Å². The average molecular weight is 236 g/mol. The number of nitrogens with two attached hydrogens (primary N) is 2. The third-order valence-electron chi connectivity index (χ3n) is 2.48. The van der Waals surface area contributed by atoms with Gasteiger partial charge in [0.1, 0.15) is 24.5 Å². The third kappa shape index (κ3) is 3.36. The van der Waals surface area contributed by atoms with Crippen molar-refractivity contribution in [2.24, 2.45) is 11.6 Å². The molecule has 1 aliphatic rings. The van der Waals surface area contributed by atoms with E-state index in [-0.39, 0.29) is 24.9 Å². The molecule has 0 aromatic carbocycles. The molecule has 4 N–H and O–H groups in total. The molecule has 0 saturated carbocycles. The maximum atomic E-state index is 5.78. The minimum absolute atomic E-state index is 0.219. The van der Waals surface area contributed by atoms with Crippen molar-refractivity contribution < 1.29 is 23.8 Å². The summed E-state index contributed by atoms with van der Waals surface area (Å²) >= 11 is 0. The topological polar surface area (TPSA) is 98.2 Å². The van der Waals surface area contributed by atoms with E-state index < -0.39 is 6.23 Å². The highest BCUT2D eigenvalue weighted by Gasteiger charge is 2.44. The lowest BCUT2D eigenvalue weighted by Crippen LogP contribution is -2.41. The molecule has 4 atom stereocenters. The zero-order valence-electron chi connectivity index (χ0n) is 9.63. The number of ether oxygens (including phenoxy) is 4. The molecule has 4 unspecified atom stereocenters. The van der Waals surface area contributed by atoms with Crippen molar-refractivity contribution in [2.45, 2.75) is 24.5 Å². The van der Waals surface area contributed by atoms with Crippen LogP contribution >= 0.6 is 0 Å². The van der Waals surface area contributed by atoms with Crippen molar-refractivity contribution in [1.29, 1.82) is 0 Å². The Hall–Kier alpha value is -0.280. The normalized spacial score (nSPS) is 34.5. The van der Waals surface area contributed by atoms with Gasteiger partial charge in [0.2, 0.25) is 0 Å². The van der Waals surface area contributed by atoms with Crippen molar-refractivity contribution in [2.75, 3.05) is 34.0 Å². The van der Waals surface area contributed by atoms with Gasteiger partial charge in [-0.1, -0.05) is 0 Å². The first kappa shape index (κ1) is 13.8. The summed E-state index contributed by atoms with van der Waals surface area (Å²) in [5.74, 6) is 5.00. The summed E-state index contributed by atoms with van der Waals surface area (Å²) in [7, 11) is 3.18. The van der Waals surface area contributed by atoms with Crippen LogP contribution < -0.4 is 11.6 Å². The molecule has 0 bridgehead atoms. The lowest BCUT2D eigenvalue weighted by molar-refractivity contribution is -0.0677. The molecule has 1 rings (SSSR count). The van der Waals surface area contributed by atoms with E-state index >= 15 is 0 Å². The molecule has 0 aromatic rings. The molecule has 7 heteroatoms. The van der Waals surface area contributed by atoms with Gasteiger partial charge in [-0.05, 0) is 0 Å². The lowest BCUT2D eigenvalue weighted by atomic mass is 10.1. The van der Waals surface area contributed by atoms with Crippen LogP contribution in [0.15, 0.2) is 0 Å². The van der Waals surface area contributed by atoms with E-state index in [0.717, 1.165) is 0 Å². The zero-order chi connectivity index (χ0) is 12.0. The molecule has 0 radical (unpaired) electrons. The van der Waals surface area contributed by atoms with E-state index in [0.29, 0.717) is 13.2 Å². The van der Waals surface area contributed by atoms with E-state index in [9.17, 15) is 0 Å². The second-order valence-electron chi connectivity index (χ2n) is 3.50. The Morgan fingerprint density at radius 2 is 1.94 bits per heavy atom. The summed E-state index contributed by atoms with van der Waals surface area (Å²) < 4.78 is 21.1. The lowest BCUT2D eigenvalue weighted by Gasteiger charge is -2.21. The Labute approximate surface area is 94.9 Å². The van der Waals surface area contributed by atoms with Crippen molar-refractivity contribution in [3.63, 3.8) is 0 Å². The molecule has 0 aliphatic carbocycles. The summed E-state index contributed by atoms with van der Waals surface area (Å²) in [5.41, 5.74) is 5.78. The summed E-state index contributed by atoms with van der Waals surface area (Å²) in [5, 5.41) is 0. The van der Waals surface area contributed by atoms with Gasteiger partial charge in [-0.2, -0.15) is 0 Å². The van der Waals surface area contributed by atoms with E-state index in [1.54, 1.807) is 14.2 Å². The Kier molecular flexibility index (Phi) is 6.14. The average Bonchev–Trinajstić information content (AvgIpc) is 2.56. The standard InChI is InChI=1S/C9H20N2O5/c1-12-3-4-14-8-7(13-2)6(5-15-11)16-9(8)10/h6-9H,3-5,10-11H2,1-2H3. The fourth-order valence-electron chi connectivity index (χ4n) is 1.73. The zero-order valence-corrected chi connectivity index (χ0v) is 9.63. The van der Waals surface area contributed by atoms with E-state index in [2.05, 4.69) is 4.84 Å².